The van der Waals surface area contributed by atoms with Gasteiger partial charge in [0.15, 0.2) is 11.6 Å². The SMILES string of the molecule is C=[N+](C(=O)c1cc(Cl)cc(C2CC2)c1)[C@@H](C)c1nc(CCC)nn1-c1ccc(C#N)cn1. The van der Waals surface area contributed by atoms with Gasteiger partial charge in [-0.1, -0.05) is 18.5 Å². The molecule has 0 bridgehead atoms. The van der Waals surface area contributed by atoms with E-state index in [0.717, 1.165) is 24.8 Å². The van der Waals surface area contributed by atoms with Gasteiger partial charge >= 0.3 is 5.91 Å². The van der Waals surface area contributed by atoms with Crippen LogP contribution in [0.5, 0.6) is 0 Å². The van der Waals surface area contributed by atoms with Gasteiger partial charge < -0.3 is 0 Å². The number of aryl methyl sites for hydroxylation is 1. The van der Waals surface area contributed by atoms with Crippen molar-refractivity contribution in [1.29, 1.82) is 5.26 Å². The molecule has 0 spiro atoms. The first kappa shape index (κ1) is 21.8. The van der Waals surface area contributed by atoms with Crippen molar-refractivity contribution in [1.82, 2.24) is 19.7 Å². The van der Waals surface area contributed by atoms with Crippen LogP contribution in [-0.4, -0.2) is 36.9 Å². The first-order valence-corrected chi connectivity index (χ1v) is 11.1. The molecule has 0 N–H and O–H groups in total. The molecule has 162 valence electrons. The summed E-state index contributed by atoms with van der Waals surface area (Å²) < 4.78 is 3.03. The lowest BCUT2D eigenvalue weighted by atomic mass is 10.1. The molecule has 0 aliphatic heterocycles. The number of carbonyl (C=O) groups excluding carboxylic acids is 1. The Morgan fingerprint density at radius 3 is 2.78 bits per heavy atom. The molecular formula is C24H24ClN6O+. The number of pyridine rings is 1. The van der Waals surface area contributed by atoms with Crippen LogP contribution >= 0.6 is 11.6 Å². The molecule has 2 aromatic heterocycles. The second-order valence-corrected chi connectivity index (χ2v) is 8.50. The zero-order valence-corrected chi connectivity index (χ0v) is 18.9. The molecule has 32 heavy (non-hydrogen) atoms. The molecule has 1 atom stereocenters. The van der Waals surface area contributed by atoms with Gasteiger partial charge in [-0.25, -0.2) is 14.8 Å². The molecule has 1 aliphatic rings. The van der Waals surface area contributed by atoms with E-state index >= 15 is 0 Å². The van der Waals surface area contributed by atoms with E-state index in [-0.39, 0.29) is 5.91 Å². The Bertz CT molecular complexity index is 1220. The van der Waals surface area contributed by atoms with Crippen LogP contribution in [0.1, 0.15) is 78.2 Å². The molecule has 1 fully saturated rings. The van der Waals surface area contributed by atoms with Gasteiger partial charge in [-0.05, 0) is 61.1 Å². The molecular weight excluding hydrogens is 424 g/mol. The first-order valence-electron chi connectivity index (χ1n) is 10.7. The number of benzene rings is 1. The van der Waals surface area contributed by atoms with Crippen molar-refractivity contribution in [3.63, 3.8) is 0 Å². The lowest BCUT2D eigenvalue weighted by Crippen LogP contribution is -2.25. The largest absolute Gasteiger partial charge is 0.419 e. The Labute approximate surface area is 192 Å². The van der Waals surface area contributed by atoms with Crippen LogP contribution in [0.15, 0.2) is 36.5 Å². The van der Waals surface area contributed by atoms with Crippen molar-refractivity contribution in [3.8, 4) is 11.9 Å². The number of nitriles is 1. The number of hydrogen-bond donors (Lipinski definition) is 0. The third kappa shape index (κ3) is 4.46. The standard InChI is InChI=1S/C24H24ClN6O/c1-4-5-21-28-23(31(29-21)22-9-6-16(13-26)14-27-22)15(2)30(3)24(32)19-10-18(17-7-8-17)11-20(25)12-19/h6,9-12,14-15,17H,3-5,7-8H2,1-2H3/q+1/t15-/m0/s1. The van der Waals surface area contributed by atoms with Gasteiger partial charge in [0.05, 0.1) is 11.1 Å². The highest BCUT2D eigenvalue weighted by Gasteiger charge is 2.32. The van der Waals surface area contributed by atoms with Gasteiger partial charge in [-0.3, -0.25) is 0 Å². The van der Waals surface area contributed by atoms with Crippen LogP contribution in [0.3, 0.4) is 0 Å². The van der Waals surface area contributed by atoms with Crippen molar-refractivity contribution in [2.75, 3.05) is 0 Å². The molecule has 7 nitrogen and oxygen atoms in total. The Morgan fingerprint density at radius 1 is 1.38 bits per heavy atom. The lowest BCUT2D eigenvalue weighted by Gasteiger charge is -2.11. The van der Waals surface area contributed by atoms with Crippen molar-refractivity contribution in [3.05, 3.63) is 69.9 Å². The van der Waals surface area contributed by atoms with E-state index in [2.05, 4.69) is 34.8 Å². The monoisotopic (exact) mass is 447 g/mol. The van der Waals surface area contributed by atoms with Crippen LogP contribution in [-0.2, 0) is 6.42 Å². The summed E-state index contributed by atoms with van der Waals surface area (Å²) in [6.07, 6.45) is 5.33. The summed E-state index contributed by atoms with van der Waals surface area (Å²) in [5.41, 5.74) is 2.06. The second kappa shape index (κ2) is 9.01. The van der Waals surface area contributed by atoms with E-state index in [4.69, 9.17) is 16.9 Å². The van der Waals surface area contributed by atoms with Gasteiger partial charge in [0.1, 0.15) is 12.8 Å². The lowest BCUT2D eigenvalue weighted by molar-refractivity contribution is -0.467. The highest BCUT2D eigenvalue weighted by molar-refractivity contribution is 6.31. The second-order valence-electron chi connectivity index (χ2n) is 8.06. The van der Waals surface area contributed by atoms with E-state index in [9.17, 15) is 4.79 Å². The zero-order valence-electron chi connectivity index (χ0n) is 18.1. The average Bonchev–Trinajstić information content (AvgIpc) is 3.58. The van der Waals surface area contributed by atoms with Crippen molar-refractivity contribution >= 4 is 24.2 Å². The summed E-state index contributed by atoms with van der Waals surface area (Å²) in [5.74, 6) is 2.00. The number of aromatic nitrogens is 4. The molecule has 1 aromatic carbocycles. The van der Waals surface area contributed by atoms with Crippen LogP contribution in [0, 0.1) is 11.3 Å². The molecule has 1 amide bonds. The zero-order chi connectivity index (χ0) is 22.8. The van der Waals surface area contributed by atoms with Gasteiger partial charge in [0.25, 0.3) is 0 Å². The van der Waals surface area contributed by atoms with E-state index in [1.54, 1.807) is 22.9 Å². The number of nitrogens with zero attached hydrogens (tertiary/aromatic N) is 6. The third-order valence-electron chi connectivity index (χ3n) is 5.56. The fraction of sp³-hybridized carbons (Fsp3) is 0.333. The molecule has 2 heterocycles. The number of hydrogen-bond acceptors (Lipinski definition) is 5. The third-order valence-corrected chi connectivity index (χ3v) is 5.78. The highest BCUT2D eigenvalue weighted by atomic mass is 35.5. The van der Waals surface area contributed by atoms with E-state index < -0.39 is 6.04 Å². The predicted molar refractivity (Wildman–Crippen MR) is 121 cm³/mol. The van der Waals surface area contributed by atoms with Gasteiger partial charge in [-0.15, -0.1) is 5.10 Å². The summed E-state index contributed by atoms with van der Waals surface area (Å²) in [4.78, 5) is 22.3. The molecule has 3 aromatic rings. The molecule has 0 saturated heterocycles. The van der Waals surface area contributed by atoms with Gasteiger partial charge in [-0.2, -0.15) is 14.5 Å². The minimum Gasteiger partial charge on any atom is -0.236 e. The molecule has 8 heteroatoms. The summed E-state index contributed by atoms with van der Waals surface area (Å²) in [5, 5.41) is 14.2. The van der Waals surface area contributed by atoms with Crippen LogP contribution in [0.4, 0.5) is 0 Å². The Kier molecular flexibility index (Phi) is 6.15. The van der Waals surface area contributed by atoms with Crippen molar-refractivity contribution in [2.45, 2.75) is 51.5 Å². The van der Waals surface area contributed by atoms with E-state index in [1.807, 2.05) is 19.1 Å². The Morgan fingerprint density at radius 2 is 2.16 bits per heavy atom. The first-order chi connectivity index (χ1) is 15.4. The molecule has 1 saturated carbocycles. The quantitative estimate of drug-likeness (QED) is 0.389. The smallest absolute Gasteiger partial charge is 0.236 e. The average molecular weight is 448 g/mol. The van der Waals surface area contributed by atoms with Gasteiger partial charge in [0.2, 0.25) is 11.9 Å². The normalized spacial score (nSPS) is 14.1. The highest BCUT2D eigenvalue weighted by Crippen LogP contribution is 2.41. The maximum Gasteiger partial charge on any atom is 0.419 e. The molecule has 4 rings (SSSR count). The summed E-state index contributed by atoms with van der Waals surface area (Å²) >= 11 is 6.29. The minimum absolute atomic E-state index is 0.235. The molecule has 0 unspecified atom stereocenters. The minimum atomic E-state index is -0.471. The number of rotatable bonds is 7. The molecule has 1 aliphatic carbocycles. The number of amides is 1. The fourth-order valence-electron chi connectivity index (χ4n) is 3.58. The number of halogens is 1. The predicted octanol–water partition coefficient (Wildman–Crippen LogP) is 4.63. The van der Waals surface area contributed by atoms with Crippen LogP contribution in [0.2, 0.25) is 5.02 Å². The maximum absolute atomic E-state index is 13.3. The topological polar surface area (TPSA) is 87.5 Å². The summed E-state index contributed by atoms with van der Waals surface area (Å²) in [6.45, 7) is 7.94. The number of carbonyl (C=O) groups is 1. The van der Waals surface area contributed by atoms with E-state index in [0.29, 0.717) is 46.0 Å². The van der Waals surface area contributed by atoms with E-state index in [1.165, 1.54) is 10.8 Å². The van der Waals surface area contributed by atoms with Crippen molar-refractivity contribution < 1.29 is 9.37 Å². The van der Waals surface area contributed by atoms with Gasteiger partial charge in [0, 0.05) is 24.6 Å². The maximum atomic E-state index is 13.3. The van der Waals surface area contributed by atoms with Crippen molar-refractivity contribution in [2.24, 2.45) is 0 Å². The fourth-order valence-corrected chi connectivity index (χ4v) is 3.83. The van der Waals surface area contributed by atoms with Crippen LogP contribution in [0.25, 0.3) is 5.82 Å². The van der Waals surface area contributed by atoms with Crippen LogP contribution < -0.4 is 0 Å². The Hall–Kier alpha value is -3.37. The Balaban J connectivity index is 1.67. The summed E-state index contributed by atoms with van der Waals surface area (Å²) in [6, 6.07) is 10.5. The summed E-state index contributed by atoms with van der Waals surface area (Å²) in [7, 11) is 0. The molecule has 0 radical (unpaired) electrons.